The first-order valence-electron chi connectivity index (χ1n) is 5.88. The van der Waals surface area contributed by atoms with Gasteiger partial charge in [-0.05, 0) is 19.1 Å². The fourth-order valence-electron chi connectivity index (χ4n) is 1.84. The summed E-state index contributed by atoms with van der Waals surface area (Å²) in [4.78, 5) is 23.5. The Hall–Kier alpha value is -2.59. The van der Waals surface area contributed by atoms with Crippen molar-refractivity contribution < 1.29 is 14.7 Å². The summed E-state index contributed by atoms with van der Waals surface area (Å²) in [5.74, 6) is -1.30. The van der Waals surface area contributed by atoms with Gasteiger partial charge < -0.3 is 21.5 Å². The highest BCUT2D eigenvalue weighted by Gasteiger charge is 2.18. The van der Waals surface area contributed by atoms with Gasteiger partial charge in [0.25, 0.3) is 0 Å². The van der Waals surface area contributed by atoms with Crippen LogP contribution in [0.4, 0.5) is 5.69 Å². The summed E-state index contributed by atoms with van der Waals surface area (Å²) in [6, 6.07) is 6.54. The minimum Gasteiger partial charge on any atom is -0.389 e. The lowest BCUT2D eigenvalue weighted by atomic mass is 10.0. The predicted molar refractivity (Wildman–Crippen MR) is 72.4 cm³/mol. The van der Waals surface area contributed by atoms with E-state index in [4.69, 9.17) is 16.7 Å². The molecule has 0 saturated carbocycles. The quantitative estimate of drug-likeness (QED) is 0.637. The number of amides is 2. The van der Waals surface area contributed by atoms with E-state index in [1.54, 1.807) is 6.07 Å². The Bertz CT molecular complexity index is 547. The first-order valence-corrected chi connectivity index (χ1v) is 5.88. The number of nitrogens with two attached hydrogens (primary N) is 2. The monoisotopic (exact) mass is 276 g/mol. The molecule has 0 aliphatic rings. The Morgan fingerprint density at radius 2 is 1.90 bits per heavy atom. The van der Waals surface area contributed by atoms with Crippen LogP contribution < -0.4 is 16.4 Å². The number of primary amides is 2. The van der Waals surface area contributed by atoms with Crippen molar-refractivity contribution >= 4 is 17.5 Å². The minimum absolute atomic E-state index is 0.239. The molecule has 20 heavy (non-hydrogen) atoms. The first kappa shape index (κ1) is 15.5. The fourth-order valence-corrected chi connectivity index (χ4v) is 1.84. The molecule has 1 atom stereocenters. The average molecular weight is 276 g/mol. The molecule has 1 rings (SSSR count). The largest absolute Gasteiger partial charge is 0.389 e. The summed E-state index contributed by atoms with van der Waals surface area (Å²) < 4.78 is 0. The van der Waals surface area contributed by atoms with Crippen LogP contribution in [-0.4, -0.2) is 30.0 Å². The van der Waals surface area contributed by atoms with Crippen molar-refractivity contribution in [2.75, 3.05) is 18.0 Å². The van der Waals surface area contributed by atoms with Gasteiger partial charge in [0.15, 0.2) is 0 Å². The number of aliphatic hydroxyl groups excluding tert-OH is 1. The van der Waals surface area contributed by atoms with Crippen molar-refractivity contribution in [3.63, 3.8) is 0 Å². The standard InChI is InChI=1S/C13H16N4O3/c1-8(18)10-3-2-9(5-14)4-11(10)17(6-12(15)19)7-13(16)20/h2-4,8,18H,6-7H2,1H3,(H2,15,19)(H2,16,20)/t8-/m1/s1. The average Bonchev–Trinajstić information content (AvgIpc) is 2.36. The molecule has 0 unspecified atom stereocenters. The molecule has 5 N–H and O–H groups in total. The Kier molecular flexibility index (Phi) is 5.06. The summed E-state index contributed by atoms with van der Waals surface area (Å²) in [6.45, 7) is 1.06. The highest BCUT2D eigenvalue weighted by atomic mass is 16.3. The fraction of sp³-hybridized carbons (Fsp3) is 0.308. The number of nitriles is 1. The molecule has 1 aromatic rings. The second-order valence-electron chi connectivity index (χ2n) is 4.35. The van der Waals surface area contributed by atoms with Crippen molar-refractivity contribution in [3.8, 4) is 6.07 Å². The minimum atomic E-state index is -0.832. The van der Waals surface area contributed by atoms with Gasteiger partial charge in [0.1, 0.15) is 0 Å². The van der Waals surface area contributed by atoms with Crippen LogP contribution in [-0.2, 0) is 9.59 Å². The Labute approximate surface area is 116 Å². The molecular formula is C13H16N4O3. The van der Waals surface area contributed by atoms with Gasteiger partial charge in [-0.25, -0.2) is 0 Å². The summed E-state index contributed by atoms with van der Waals surface area (Å²) in [5.41, 5.74) is 11.5. The van der Waals surface area contributed by atoms with E-state index in [2.05, 4.69) is 0 Å². The van der Waals surface area contributed by atoms with E-state index in [-0.39, 0.29) is 13.1 Å². The maximum Gasteiger partial charge on any atom is 0.236 e. The lowest BCUT2D eigenvalue weighted by molar-refractivity contribution is -0.117. The Morgan fingerprint density at radius 1 is 1.35 bits per heavy atom. The van der Waals surface area contributed by atoms with Gasteiger partial charge >= 0.3 is 0 Å². The van der Waals surface area contributed by atoms with Crippen molar-refractivity contribution in [1.29, 1.82) is 5.26 Å². The molecule has 0 heterocycles. The van der Waals surface area contributed by atoms with Crippen molar-refractivity contribution in [1.82, 2.24) is 0 Å². The van der Waals surface area contributed by atoms with E-state index in [9.17, 15) is 14.7 Å². The lowest BCUT2D eigenvalue weighted by Crippen LogP contribution is -2.40. The van der Waals surface area contributed by atoms with Crippen molar-refractivity contribution in [2.45, 2.75) is 13.0 Å². The molecule has 0 aliphatic heterocycles. The second kappa shape index (κ2) is 6.54. The topological polar surface area (TPSA) is 133 Å². The molecule has 0 fully saturated rings. The number of hydrogen-bond donors (Lipinski definition) is 3. The van der Waals surface area contributed by atoms with E-state index < -0.39 is 17.9 Å². The molecule has 0 aromatic heterocycles. The number of benzene rings is 1. The highest BCUT2D eigenvalue weighted by molar-refractivity contribution is 5.85. The second-order valence-corrected chi connectivity index (χ2v) is 4.35. The van der Waals surface area contributed by atoms with Crippen LogP contribution in [0.25, 0.3) is 0 Å². The number of hydrogen-bond acceptors (Lipinski definition) is 5. The predicted octanol–water partition coefficient (Wildman–Crippen LogP) is -0.611. The van der Waals surface area contributed by atoms with Gasteiger partial charge in [0.2, 0.25) is 11.8 Å². The van der Waals surface area contributed by atoms with Crippen molar-refractivity contribution in [2.24, 2.45) is 11.5 Å². The van der Waals surface area contributed by atoms with Gasteiger partial charge in [0.05, 0.1) is 30.8 Å². The zero-order valence-electron chi connectivity index (χ0n) is 11.0. The number of carbonyl (C=O) groups is 2. The van der Waals surface area contributed by atoms with Crippen LogP contribution in [0.3, 0.4) is 0 Å². The van der Waals surface area contributed by atoms with Crippen LogP contribution in [0.2, 0.25) is 0 Å². The molecule has 0 radical (unpaired) electrons. The zero-order chi connectivity index (χ0) is 15.3. The van der Waals surface area contributed by atoms with E-state index in [0.717, 1.165) is 0 Å². The Balaban J connectivity index is 3.31. The third-order valence-corrected chi connectivity index (χ3v) is 2.64. The smallest absolute Gasteiger partial charge is 0.236 e. The molecule has 7 heteroatoms. The summed E-state index contributed by atoms with van der Waals surface area (Å²) >= 11 is 0. The molecule has 7 nitrogen and oxygen atoms in total. The first-order chi connectivity index (χ1) is 9.35. The molecule has 0 spiro atoms. The summed E-state index contributed by atoms with van der Waals surface area (Å²) in [7, 11) is 0. The van der Waals surface area contributed by atoms with Crippen molar-refractivity contribution in [3.05, 3.63) is 29.3 Å². The molecule has 1 aromatic carbocycles. The van der Waals surface area contributed by atoms with E-state index >= 15 is 0 Å². The van der Waals surface area contributed by atoms with Gasteiger partial charge in [-0.15, -0.1) is 0 Å². The highest BCUT2D eigenvalue weighted by Crippen LogP contribution is 2.27. The number of nitrogens with zero attached hydrogens (tertiary/aromatic N) is 2. The third-order valence-electron chi connectivity index (χ3n) is 2.64. The van der Waals surface area contributed by atoms with Gasteiger partial charge in [0, 0.05) is 11.3 Å². The normalized spacial score (nSPS) is 11.4. The molecule has 0 saturated heterocycles. The van der Waals surface area contributed by atoms with E-state index in [1.807, 2.05) is 6.07 Å². The van der Waals surface area contributed by atoms with Crippen LogP contribution in [0.15, 0.2) is 18.2 Å². The number of rotatable bonds is 6. The van der Waals surface area contributed by atoms with Gasteiger partial charge in [-0.3, -0.25) is 9.59 Å². The van der Waals surface area contributed by atoms with Crippen LogP contribution in [0.5, 0.6) is 0 Å². The van der Waals surface area contributed by atoms with Crippen LogP contribution >= 0.6 is 0 Å². The molecular weight excluding hydrogens is 260 g/mol. The van der Waals surface area contributed by atoms with Gasteiger partial charge in [-0.2, -0.15) is 5.26 Å². The van der Waals surface area contributed by atoms with E-state index in [1.165, 1.54) is 24.0 Å². The summed E-state index contributed by atoms with van der Waals surface area (Å²) in [6.07, 6.45) is -0.832. The number of carbonyl (C=O) groups excluding carboxylic acids is 2. The SMILES string of the molecule is C[C@@H](O)c1ccc(C#N)cc1N(CC(N)=O)CC(N)=O. The summed E-state index contributed by atoms with van der Waals surface area (Å²) in [5, 5.41) is 18.7. The number of anilines is 1. The maximum absolute atomic E-state index is 11.1. The maximum atomic E-state index is 11.1. The molecule has 106 valence electrons. The van der Waals surface area contributed by atoms with Gasteiger partial charge in [-0.1, -0.05) is 6.07 Å². The lowest BCUT2D eigenvalue weighted by Gasteiger charge is -2.25. The van der Waals surface area contributed by atoms with E-state index in [0.29, 0.717) is 16.8 Å². The molecule has 0 bridgehead atoms. The Morgan fingerprint density at radius 3 is 2.30 bits per heavy atom. The zero-order valence-corrected chi connectivity index (χ0v) is 11.0. The number of aliphatic hydroxyl groups is 1. The molecule has 2 amide bonds. The van der Waals surface area contributed by atoms with Crippen LogP contribution in [0, 0.1) is 11.3 Å². The van der Waals surface area contributed by atoms with Crippen LogP contribution in [0.1, 0.15) is 24.2 Å². The third kappa shape index (κ3) is 3.96. The molecule has 0 aliphatic carbocycles.